The van der Waals surface area contributed by atoms with Gasteiger partial charge in [0.15, 0.2) is 0 Å². The van der Waals surface area contributed by atoms with Crippen molar-refractivity contribution in [2.24, 2.45) is 0 Å². The van der Waals surface area contributed by atoms with Gasteiger partial charge in [0.05, 0.1) is 0 Å². The van der Waals surface area contributed by atoms with Gasteiger partial charge in [-0.1, -0.05) is 0 Å². The standard InChI is InChI=1S/C5H10NO2/c1-4-5(2,3)6(7)8/h1,4H2,2-3H3. The topological polar surface area (TPSA) is 43.1 Å². The predicted molar refractivity (Wildman–Crippen MR) is 31.0 cm³/mol. The van der Waals surface area contributed by atoms with E-state index in [1.54, 1.807) is 13.8 Å². The molecule has 47 valence electrons. The van der Waals surface area contributed by atoms with Crippen LogP contribution in [-0.4, -0.2) is 10.5 Å². The summed E-state index contributed by atoms with van der Waals surface area (Å²) < 4.78 is 0. The molecule has 0 unspecified atom stereocenters. The van der Waals surface area contributed by atoms with Gasteiger partial charge in [0, 0.05) is 25.2 Å². The minimum atomic E-state index is -0.847. The van der Waals surface area contributed by atoms with Gasteiger partial charge in [0.25, 0.3) is 0 Å². The van der Waals surface area contributed by atoms with Gasteiger partial charge in [-0.25, -0.2) is 0 Å². The molecule has 0 heterocycles. The molecular weight excluding hydrogens is 106 g/mol. The second-order valence-electron chi connectivity index (χ2n) is 2.32. The first-order chi connectivity index (χ1) is 3.50. The summed E-state index contributed by atoms with van der Waals surface area (Å²) in [5, 5.41) is 10.0. The molecule has 0 rings (SSSR count). The van der Waals surface area contributed by atoms with E-state index in [1.165, 1.54) is 0 Å². The molecule has 0 aromatic heterocycles. The highest BCUT2D eigenvalue weighted by Gasteiger charge is 2.27. The molecule has 0 amide bonds. The Balaban J connectivity index is 3.91. The summed E-state index contributed by atoms with van der Waals surface area (Å²) in [6.07, 6.45) is 0.333. The molecule has 0 bridgehead atoms. The molecule has 0 saturated heterocycles. The molecule has 0 aromatic rings. The van der Waals surface area contributed by atoms with Crippen molar-refractivity contribution in [1.82, 2.24) is 0 Å². The van der Waals surface area contributed by atoms with Gasteiger partial charge in [-0.3, -0.25) is 10.1 Å². The van der Waals surface area contributed by atoms with Crippen molar-refractivity contribution < 1.29 is 4.92 Å². The molecule has 0 aliphatic heterocycles. The fraction of sp³-hybridized carbons (Fsp3) is 0.800. The average Bonchev–Trinajstić information content (AvgIpc) is 1.67. The average molecular weight is 116 g/mol. The molecule has 0 N–H and O–H groups in total. The molecule has 0 aromatic carbocycles. The van der Waals surface area contributed by atoms with Crippen molar-refractivity contribution in [2.75, 3.05) is 0 Å². The van der Waals surface area contributed by atoms with Gasteiger partial charge < -0.3 is 0 Å². The maximum absolute atomic E-state index is 10.0. The van der Waals surface area contributed by atoms with Crippen LogP contribution in [0.25, 0.3) is 0 Å². The van der Waals surface area contributed by atoms with E-state index in [0.29, 0.717) is 6.42 Å². The summed E-state index contributed by atoms with van der Waals surface area (Å²) in [6.45, 7) is 6.55. The number of hydrogen-bond acceptors (Lipinski definition) is 2. The first-order valence-electron chi connectivity index (χ1n) is 2.44. The van der Waals surface area contributed by atoms with Crippen LogP contribution >= 0.6 is 0 Å². The van der Waals surface area contributed by atoms with Crippen LogP contribution in [0.15, 0.2) is 0 Å². The fourth-order valence-corrected chi connectivity index (χ4v) is 0.0913. The lowest BCUT2D eigenvalue weighted by atomic mass is 10.0. The van der Waals surface area contributed by atoms with Gasteiger partial charge >= 0.3 is 0 Å². The van der Waals surface area contributed by atoms with Crippen LogP contribution in [0.3, 0.4) is 0 Å². The molecule has 1 radical (unpaired) electrons. The van der Waals surface area contributed by atoms with Crippen molar-refractivity contribution in [3.05, 3.63) is 17.0 Å². The van der Waals surface area contributed by atoms with Gasteiger partial charge in [-0.05, 0) is 6.92 Å². The maximum Gasteiger partial charge on any atom is 0.216 e. The first kappa shape index (κ1) is 7.40. The Hall–Kier alpha value is -0.600. The SMILES string of the molecule is [CH2]CC(C)(C)[N+](=O)[O-]. The van der Waals surface area contributed by atoms with Crippen LogP contribution in [0.4, 0.5) is 0 Å². The highest BCUT2D eigenvalue weighted by atomic mass is 16.6. The van der Waals surface area contributed by atoms with Crippen molar-refractivity contribution >= 4 is 0 Å². The monoisotopic (exact) mass is 116 g/mol. The van der Waals surface area contributed by atoms with Gasteiger partial charge in [-0.2, -0.15) is 0 Å². The van der Waals surface area contributed by atoms with E-state index in [9.17, 15) is 10.1 Å². The quantitative estimate of drug-likeness (QED) is 0.402. The Morgan fingerprint density at radius 1 is 1.75 bits per heavy atom. The minimum Gasteiger partial charge on any atom is -0.264 e. The van der Waals surface area contributed by atoms with E-state index in [1.807, 2.05) is 0 Å². The van der Waals surface area contributed by atoms with E-state index >= 15 is 0 Å². The molecule has 3 heteroatoms. The highest BCUT2D eigenvalue weighted by Crippen LogP contribution is 2.10. The van der Waals surface area contributed by atoms with Crippen molar-refractivity contribution in [3.8, 4) is 0 Å². The van der Waals surface area contributed by atoms with Crippen molar-refractivity contribution in [2.45, 2.75) is 25.8 Å². The van der Waals surface area contributed by atoms with Crippen LogP contribution < -0.4 is 0 Å². The summed E-state index contributed by atoms with van der Waals surface area (Å²) in [5.41, 5.74) is -0.847. The molecule has 0 atom stereocenters. The van der Waals surface area contributed by atoms with Crippen molar-refractivity contribution in [1.29, 1.82) is 0 Å². The fourth-order valence-electron chi connectivity index (χ4n) is 0.0913. The smallest absolute Gasteiger partial charge is 0.216 e. The molecule has 0 spiro atoms. The van der Waals surface area contributed by atoms with Crippen LogP contribution in [0, 0.1) is 17.0 Å². The van der Waals surface area contributed by atoms with E-state index < -0.39 is 5.54 Å². The maximum atomic E-state index is 10.0. The second kappa shape index (κ2) is 2.11. The van der Waals surface area contributed by atoms with E-state index in [-0.39, 0.29) is 4.92 Å². The Kier molecular flexibility index (Phi) is 1.95. The largest absolute Gasteiger partial charge is 0.264 e. The highest BCUT2D eigenvalue weighted by molar-refractivity contribution is 4.66. The van der Waals surface area contributed by atoms with Gasteiger partial charge in [0.1, 0.15) is 0 Å². The van der Waals surface area contributed by atoms with Crippen LogP contribution in [0.1, 0.15) is 20.3 Å². The summed E-state index contributed by atoms with van der Waals surface area (Å²) in [4.78, 5) is 9.70. The van der Waals surface area contributed by atoms with Crippen LogP contribution in [0.2, 0.25) is 0 Å². The Labute approximate surface area is 48.9 Å². The zero-order valence-electron chi connectivity index (χ0n) is 5.18. The zero-order valence-corrected chi connectivity index (χ0v) is 5.18. The van der Waals surface area contributed by atoms with Gasteiger partial charge in [-0.15, -0.1) is 0 Å². The number of hydrogen-bond donors (Lipinski definition) is 0. The third-order valence-electron chi connectivity index (χ3n) is 1.11. The first-order valence-corrected chi connectivity index (χ1v) is 2.44. The molecule has 0 aliphatic rings. The molecule has 0 aliphatic carbocycles. The van der Waals surface area contributed by atoms with Crippen molar-refractivity contribution in [3.63, 3.8) is 0 Å². The third kappa shape index (κ3) is 1.48. The third-order valence-corrected chi connectivity index (χ3v) is 1.11. The lowest BCUT2D eigenvalue weighted by molar-refractivity contribution is -0.559. The summed E-state index contributed by atoms with van der Waals surface area (Å²) >= 11 is 0. The summed E-state index contributed by atoms with van der Waals surface area (Å²) in [5.74, 6) is 0. The van der Waals surface area contributed by atoms with E-state index in [4.69, 9.17) is 0 Å². The normalized spacial score (nSPS) is 11.4. The summed E-state index contributed by atoms with van der Waals surface area (Å²) in [6, 6.07) is 0. The lowest BCUT2D eigenvalue weighted by Gasteiger charge is -2.10. The lowest BCUT2D eigenvalue weighted by Crippen LogP contribution is -2.29. The number of rotatable bonds is 2. The number of nitro groups is 1. The Morgan fingerprint density at radius 3 is 2.12 bits per heavy atom. The van der Waals surface area contributed by atoms with Crippen LogP contribution in [-0.2, 0) is 0 Å². The zero-order chi connectivity index (χ0) is 6.78. The van der Waals surface area contributed by atoms with Crippen LogP contribution in [0.5, 0.6) is 0 Å². The summed E-state index contributed by atoms with van der Waals surface area (Å²) in [7, 11) is 0. The molecule has 0 fully saturated rings. The molecule has 3 nitrogen and oxygen atoms in total. The van der Waals surface area contributed by atoms with Gasteiger partial charge in [0.2, 0.25) is 5.54 Å². The Morgan fingerprint density at radius 2 is 2.12 bits per heavy atom. The van der Waals surface area contributed by atoms with E-state index in [0.717, 1.165) is 0 Å². The molecule has 0 saturated carbocycles. The molecule has 8 heavy (non-hydrogen) atoms. The molecular formula is C5H10NO2. The predicted octanol–water partition coefficient (Wildman–Crippen LogP) is 1.27. The Bertz CT molecular complexity index is 98.6. The second-order valence-corrected chi connectivity index (χ2v) is 2.32. The minimum absolute atomic E-state index is 0.319. The van der Waals surface area contributed by atoms with E-state index in [2.05, 4.69) is 6.92 Å². The number of nitrogens with zero attached hydrogens (tertiary/aromatic N) is 1.